The van der Waals surface area contributed by atoms with Gasteiger partial charge in [-0.15, -0.1) is 11.3 Å². The van der Waals surface area contributed by atoms with Crippen LogP contribution in [-0.4, -0.2) is 0 Å². The molecule has 1 saturated carbocycles. The Kier molecular flexibility index (Phi) is 4.68. The lowest BCUT2D eigenvalue weighted by Gasteiger charge is -2.18. The van der Waals surface area contributed by atoms with Gasteiger partial charge in [0.15, 0.2) is 0 Å². The van der Waals surface area contributed by atoms with E-state index in [-0.39, 0.29) is 6.04 Å². The predicted octanol–water partition coefficient (Wildman–Crippen LogP) is 4.76. The van der Waals surface area contributed by atoms with E-state index in [1.165, 1.54) is 43.4 Å². The Balaban J connectivity index is 1.88. The van der Waals surface area contributed by atoms with Gasteiger partial charge >= 0.3 is 0 Å². The Morgan fingerprint density at radius 1 is 1.25 bits per heavy atom. The lowest BCUT2D eigenvalue weighted by molar-refractivity contribution is 0.395. The van der Waals surface area contributed by atoms with Crippen molar-refractivity contribution in [1.29, 1.82) is 0 Å². The van der Waals surface area contributed by atoms with Gasteiger partial charge < -0.3 is 5.73 Å². The van der Waals surface area contributed by atoms with Gasteiger partial charge in [0, 0.05) is 10.9 Å². The van der Waals surface area contributed by atoms with E-state index < -0.39 is 0 Å². The fourth-order valence-corrected chi connectivity index (χ4v) is 3.68. The molecule has 90 valence electrons. The Morgan fingerprint density at radius 3 is 2.50 bits per heavy atom. The second-order valence-corrected chi connectivity index (χ2v) is 6.59. The number of nitrogens with two attached hydrogens (primary N) is 1. The molecule has 0 saturated heterocycles. The van der Waals surface area contributed by atoms with E-state index in [0.717, 1.165) is 16.7 Å². The average Bonchev–Trinajstić information content (AvgIpc) is 2.54. The SMILES string of the molecule is NC(CC1CCCCCC1)c1ccc(Cl)s1. The van der Waals surface area contributed by atoms with Gasteiger partial charge in [-0.25, -0.2) is 0 Å². The Hall–Kier alpha value is -0.0500. The minimum atomic E-state index is 0.195. The van der Waals surface area contributed by atoms with Crippen molar-refractivity contribution in [2.75, 3.05) is 0 Å². The molecule has 0 bridgehead atoms. The second-order valence-electron chi connectivity index (χ2n) is 4.84. The van der Waals surface area contributed by atoms with Crippen molar-refractivity contribution in [3.63, 3.8) is 0 Å². The zero-order chi connectivity index (χ0) is 11.4. The van der Waals surface area contributed by atoms with Gasteiger partial charge in [-0.3, -0.25) is 0 Å². The molecule has 1 fully saturated rings. The van der Waals surface area contributed by atoms with E-state index in [0.29, 0.717) is 0 Å². The first-order chi connectivity index (χ1) is 7.75. The number of halogens is 1. The Morgan fingerprint density at radius 2 is 1.94 bits per heavy atom. The third kappa shape index (κ3) is 3.47. The predicted molar refractivity (Wildman–Crippen MR) is 72.1 cm³/mol. The van der Waals surface area contributed by atoms with Crippen LogP contribution in [0.25, 0.3) is 0 Å². The summed E-state index contributed by atoms with van der Waals surface area (Å²) in [5.41, 5.74) is 6.24. The Bertz CT molecular complexity index is 315. The molecule has 2 rings (SSSR count). The van der Waals surface area contributed by atoms with E-state index in [1.807, 2.05) is 6.07 Å². The van der Waals surface area contributed by atoms with Crippen molar-refractivity contribution < 1.29 is 0 Å². The van der Waals surface area contributed by atoms with E-state index in [2.05, 4.69) is 6.07 Å². The van der Waals surface area contributed by atoms with Gasteiger partial charge in [0.2, 0.25) is 0 Å². The highest BCUT2D eigenvalue weighted by molar-refractivity contribution is 7.16. The third-order valence-corrected chi connectivity index (χ3v) is 4.88. The van der Waals surface area contributed by atoms with Crippen molar-refractivity contribution in [2.24, 2.45) is 11.7 Å². The van der Waals surface area contributed by atoms with Crippen LogP contribution >= 0.6 is 22.9 Å². The van der Waals surface area contributed by atoms with Crippen LogP contribution < -0.4 is 5.73 Å². The minimum Gasteiger partial charge on any atom is -0.323 e. The van der Waals surface area contributed by atoms with E-state index >= 15 is 0 Å². The van der Waals surface area contributed by atoms with Crippen molar-refractivity contribution in [3.8, 4) is 0 Å². The number of rotatable bonds is 3. The van der Waals surface area contributed by atoms with Gasteiger partial charge in [0.05, 0.1) is 4.34 Å². The molecular weight excluding hydrogens is 238 g/mol. The van der Waals surface area contributed by atoms with Crippen LogP contribution in [0.15, 0.2) is 12.1 Å². The monoisotopic (exact) mass is 257 g/mol. The lowest BCUT2D eigenvalue weighted by Crippen LogP contribution is -2.14. The fourth-order valence-electron chi connectivity index (χ4n) is 2.60. The molecule has 1 nitrogen and oxygen atoms in total. The highest BCUT2D eigenvalue weighted by Gasteiger charge is 2.17. The fraction of sp³-hybridized carbons (Fsp3) is 0.692. The quantitative estimate of drug-likeness (QED) is 0.776. The summed E-state index contributed by atoms with van der Waals surface area (Å²) in [7, 11) is 0. The Labute approximate surface area is 107 Å². The molecule has 1 aromatic heterocycles. The van der Waals surface area contributed by atoms with E-state index in [4.69, 9.17) is 17.3 Å². The first kappa shape index (κ1) is 12.4. The van der Waals surface area contributed by atoms with Crippen LogP contribution in [0, 0.1) is 5.92 Å². The zero-order valence-electron chi connectivity index (χ0n) is 9.62. The van der Waals surface area contributed by atoms with Gasteiger partial charge in [-0.2, -0.15) is 0 Å². The molecule has 1 heterocycles. The molecule has 0 aliphatic heterocycles. The summed E-state index contributed by atoms with van der Waals surface area (Å²) in [6.07, 6.45) is 9.48. The van der Waals surface area contributed by atoms with Gasteiger partial charge in [0.25, 0.3) is 0 Å². The highest BCUT2D eigenvalue weighted by atomic mass is 35.5. The minimum absolute atomic E-state index is 0.195. The van der Waals surface area contributed by atoms with Crippen molar-refractivity contribution in [3.05, 3.63) is 21.3 Å². The maximum atomic E-state index is 6.24. The largest absolute Gasteiger partial charge is 0.323 e. The summed E-state index contributed by atoms with van der Waals surface area (Å²) in [5, 5.41) is 0. The van der Waals surface area contributed by atoms with Crippen LogP contribution in [0.3, 0.4) is 0 Å². The van der Waals surface area contributed by atoms with Gasteiger partial charge in [-0.1, -0.05) is 50.1 Å². The summed E-state index contributed by atoms with van der Waals surface area (Å²) >= 11 is 7.57. The zero-order valence-corrected chi connectivity index (χ0v) is 11.2. The van der Waals surface area contributed by atoms with Crippen LogP contribution in [-0.2, 0) is 0 Å². The summed E-state index contributed by atoms with van der Waals surface area (Å²) in [5.74, 6) is 0.832. The smallest absolute Gasteiger partial charge is 0.0931 e. The van der Waals surface area contributed by atoms with Gasteiger partial charge in [-0.05, 0) is 24.5 Å². The third-order valence-electron chi connectivity index (χ3n) is 3.52. The molecule has 0 radical (unpaired) electrons. The molecule has 3 heteroatoms. The van der Waals surface area contributed by atoms with Crippen molar-refractivity contribution >= 4 is 22.9 Å². The molecule has 1 aliphatic carbocycles. The molecule has 0 amide bonds. The van der Waals surface area contributed by atoms with Gasteiger partial charge in [0.1, 0.15) is 0 Å². The summed E-state index contributed by atoms with van der Waals surface area (Å²) in [6, 6.07) is 4.23. The molecule has 16 heavy (non-hydrogen) atoms. The molecule has 1 unspecified atom stereocenters. The number of hydrogen-bond acceptors (Lipinski definition) is 2. The molecular formula is C13H20ClNS. The summed E-state index contributed by atoms with van der Waals surface area (Å²) in [4.78, 5) is 1.24. The number of hydrogen-bond donors (Lipinski definition) is 1. The van der Waals surface area contributed by atoms with Crippen molar-refractivity contribution in [2.45, 2.75) is 51.0 Å². The molecule has 1 aromatic rings. The first-order valence-corrected chi connectivity index (χ1v) is 7.46. The summed E-state index contributed by atoms with van der Waals surface area (Å²) < 4.78 is 0.853. The standard InChI is InChI=1S/C13H20ClNS/c14-13-8-7-12(16-13)11(15)9-10-5-3-1-2-4-6-10/h7-8,10-11H,1-6,9,15H2. The second kappa shape index (κ2) is 6.04. The molecule has 1 atom stereocenters. The summed E-state index contributed by atoms with van der Waals surface area (Å²) in [6.45, 7) is 0. The van der Waals surface area contributed by atoms with Crippen LogP contribution in [0.4, 0.5) is 0 Å². The van der Waals surface area contributed by atoms with Crippen LogP contribution in [0.5, 0.6) is 0 Å². The maximum absolute atomic E-state index is 6.24. The molecule has 0 aromatic carbocycles. The number of thiophene rings is 1. The van der Waals surface area contributed by atoms with Crippen LogP contribution in [0.2, 0.25) is 4.34 Å². The maximum Gasteiger partial charge on any atom is 0.0931 e. The molecule has 2 N–H and O–H groups in total. The average molecular weight is 258 g/mol. The molecule has 0 spiro atoms. The highest BCUT2D eigenvalue weighted by Crippen LogP contribution is 2.33. The first-order valence-electron chi connectivity index (χ1n) is 6.26. The lowest BCUT2D eigenvalue weighted by atomic mass is 9.92. The van der Waals surface area contributed by atoms with Crippen LogP contribution in [0.1, 0.15) is 55.9 Å². The topological polar surface area (TPSA) is 26.0 Å². The van der Waals surface area contributed by atoms with Crippen molar-refractivity contribution in [1.82, 2.24) is 0 Å². The molecule has 1 aliphatic rings. The normalized spacial score (nSPS) is 20.6. The van der Waals surface area contributed by atoms with E-state index in [9.17, 15) is 0 Å². The van der Waals surface area contributed by atoms with E-state index in [1.54, 1.807) is 11.3 Å².